The third kappa shape index (κ3) is 9.22. The Morgan fingerprint density at radius 2 is 1.46 bits per heavy atom. The van der Waals surface area contributed by atoms with Gasteiger partial charge in [0.25, 0.3) is 0 Å². The van der Waals surface area contributed by atoms with Crippen LogP contribution in [0.25, 0.3) is 6.08 Å². The standard InChI is InChI=1S/C28H25F3N2O6/c29-28(30,31)14-13-25(34)38-22-10-5-18(6-11-22)27(37)39-23-8-1-17(2-9-23)15-20(26(35)36)4-3-19-16-21(32)7-12-24(19)33/h1-2,5-12,15-16H,3-4,13-14,32-33H2,(H,35,36)/b20-15+. The first-order chi connectivity index (χ1) is 18.4. The summed E-state index contributed by atoms with van der Waals surface area (Å²) < 4.78 is 46.7. The van der Waals surface area contributed by atoms with E-state index in [1.165, 1.54) is 42.5 Å². The molecule has 0 aliphatic carbocycles. The molecule has 0 radical (unpaired) electrons. The first-order valence-electron chi connectivity index (χ1n) is 11.7. The van der Waals surface area contributed by atoms with E-state index in [0.717, 1.165) is 5.56 Å². The summed E-state index contributed by atoms with van der Waals surface area (Å²) in [4.78, 5) is 35.7. The number of benzene rings is 3. The molecule has 0 amide bonds. The molecule has 11 heteroatoms. The van der Waals surface area contributed by atoms with Crippen LogP contribution < -0.4 is 20.9 Å². The smallest absolute Gasteiger partial charge is 0.389 e. The molecule has 5 N–H and O–H groups in total. The molecule has 0 aliphatic heterocycles. The van der Waals surface area contributed by atoms with Crippen molar-refractivity contribution in [3.05, 3.63) is 89.0 Å². The number of nitrogens with two attached hydrogens (primary N) is 2. The first kappa shape index (κ1) is 28.8. The number of nitrogen functional groups attached to an aromatic ring is 2. The van der Waals surface area contributed by atoms with Crippen molar-refractivity contribution in [2.24, 2.45) is 0 Å². The minimum atomic E-state index is -4.47. The fourth-order valence-electron chi connectivity index (χ4n) is 3.44. The number of hydrogen-bond acceptors (Lipinski definition) is 7. The number of carbonyl (C=O) groups is 3. The van der Waals surface area contributed by atoms with Crippen LogP contribution in [-0.4, -0.2) is 29.2 Å². The number of alkyl halides is 3. The van der Waals surface area contributed by atoms with Crippen LogP contribution >= 0.6 is 0 Å². The van der Waals surface area contributed by atoms with Gasteiger partial charge < -0.3 is 26.0 Å². The van der Waals surface area contributed by atoms with Crippen molar-refractivity contribution in [3.8, 4) is 11.5 Å². The summed E-state index contributed by atoms with van der Waals surface area (Å²) in [5.74, 6) is -2.66. The van der Waals surface area contributed by atoms with Crippen molar-refractivity contribution in [1.29, 1.82) is 0 Å². The second-order valence-electron chi connectivity index (χ2n) is 8.51. The van der Waals surface area contributed by atoms with Gasteiger partial charge in [-0.15, -0.1) is 0 Å². The second kappa shape index (κ2) is 12.6. The van der Waals surface area contributed by atoms with Gasteiger partial charge in [-0.1, -0.05) is 12.1 Å². The molecule has 0 unspecified atom stereocenters. The van der Waals surface area contributed by atoms with Gasteiger partial charge in [-0.05, 0) is 84.6 Å². The van der Waals surface area contributed by atoms with Crippen molar-refractivity contribution in [1.82, 2.24) is 0 Å². The highest BCUT2D eigenvalue weighted by atomic mass is 19.4. The highest BCUT2D eigenvalue weighted by Crippen LogP contribution is 2.24. The van der Waals surface area contributed by atoms with Crippen molar-refractivity contribution in [3.63, 3.8) is 0 Å². The maximum absolute atomic E-state index is 12.4. The fraction of sp³-hybridized carbons (Fsp3) is 0.179. The summed E-state index contributed by atoms with van der Waals surface area (Å²) in [5.41, 5.74) is 14.4. The van der Waals surface area contributed by atoms with Gasteiger partial charge in [0.15, 0.2) is 0 Å². The molecule has 204 valence electrons. The number of halogens is 3. The van der Waals surface area contributed by atoms with Crippen LogP contribution in [0.5, 0.6) is 11.5 Å². The number of ether oxygens (including phenoxy) is 2. The lowest BCUT2D eigenvalue weighted by Crippen LogP contribution is -2.14. The predicted molar refractivity (Wildman–Crippen MR) is 138 cm³/mol. The van der Waals surface area contributed by atoms with Gasteiger partial charge in [-0.3, -0.25) is 4.79 Å². The molecule has 0 saturated carbocycles. The highest BCUT2D eigenvalue weighted by Gasteiger charge is 2.28. The monoisotopic (exact) mass is 542 g/mol. The Hall–Kier alpha value is -4.80. The maximum atomic E-state index is 12.4. The molecule has 0 bridgehead atoms. The lowest BCUT2D eigenvalue weighted by Gasteiger charge is -2.09. The van der Waals surface area contributed by atoms with E-state index < -0.39 is 36.9 Å². The van der Waals surface area contributed by atoms with E-state index in [1.807, 2.05) is 0 Å². The Kier molecular flexibility index (Phi) is 9.32. The fourth-order valence-corrected chi connectivity index (χ4v) is 3.44. The van der Waals surface area contributed by atoms with Crippen LogP contribution in [0.2, 0.25) is 0 Å². The number of carbonyl (C=O) groups excluding carboxylic acids is 2. The Morgan fingerprint density at radius 3 is 2.08 bits per heavy atom. The Labute approximate surface area is 221 Å². The zero-order valence-corrected chi connectivity index (χ0v) is 20.5. The number of rotatable bonds is 10. The van der Waals surface area contributed by atoms with E-state index in [9.17, 15) is 32.7 Å². The molecular weight excluding hydrogens is 517 g/mol. The van der Waals surface area contributed by atoms with Crippen LogP contribution in [-0.2, 0) is 16.0 Å². The van der Waals surface area contributed by atoms with Crippen molar-refractivity contribution >= 4 is 35.4 Å². The van der Waals surface area contributed by atoms with Gasteiger partial charge in [-0.2, -0.15) is 13.2 Å². The predicted octanol–water partition coefficient (Wildman–Crippen LogP) is 5.42. The van der Waals surface area contributed by atoms with E-state index in [1.54, 1.807) is 30.3 Å². The number of carboxylic acids is 1. The average molecular weight is 543 g/mol. The lowest BCUT2D eigenvalue weighted by molar-refractivity contribution is -0.151. The number of hydrogen-bond donors (Lipinski definition) is 3. The third-order valence-electron chi connectivity index (χ3n) is 5.47. The van der Waals surface area contributed by atoms with E-state index in [0.29, 0.717) is 23.4 Å². The quantitative estimate of drug-likeness (QED) is 0.133. The van der Waals surface area contributed by atoms with Gasteiger partial charge in [0.05, 0.1) is 18.4 Å². The van der Waals surface area contributed by atoms with Gasteiger partial charge in [0.1, 0.15) is 11.5 Å². The molecule has 3 rings (SSSR count). The Bertz CT molecular complexity index is 1370. The number of aryl methyl sites for hydroxylation is 1. The molecular formula is C28H25F3N2O6. The minimum Gasteiger partial charge on any atom is -0.478 e. The molecule has 0 fully saturated rings. The summed E-state index contributed by atoms with van der Waals surface area (Å²) in [6.07, 6.45) is -4.47. The Morgan fingerprint density at radius 1 is 0.846 bits per heavy atom. The average Bonchev–Trinajstić information content (AvgIpc) is 2.88. The Balaban J connectivity index is 1.58. The molecule has 3 aromatic rings. The largest absolute Gasteiger partial charge is 0.478 e. The topological polar surface area (TPSA) is 142 Å². The van der Waals surface area contributed by atoms with Crippen molar-refractivity contribution in [2.45, 2.75) is 31.9 Å². The molecule has 0 spiro atoms. The van der Waals surface area contributed by atoms with Gasteiger partial charge >= 0.3 is 24.1 Å². The number of aliphatic carboxylic acids is 1. The second-order valence-corrected chi connectivity index (χ2v) is 8.51. The summed E-state index contributed by atoms with van der Waals surface area (Å²) in [6.45, 7) is 0. The van der Waals surface area contributed by atoms with Crippen LogP contribution in [0.15, 0.2) is 72.3 Å². The molecule has 0 saturated heterocycles. The maximum Gasteiger partial charge on any atom is 0.389 e. The summed E-state index contributed by atoms with van der Waals surface area (Å²) in [5, 5.41) is 9.60. The van der Waals surface area contributed by atoms with Crippen LogP contribution in [0.1, 0.15) is 40.7 Å². The van der Waals surface area contributed by atoms with Gasteiger partial charge in [0.2, 0.25) is 0 Å². The lowest BCUT2D eigenvalue weighted by atomic mass is 10.0. The van der Waals surface area contributed by atoms with Crippen LogP contribution in [0.3, 0.4) is 0 Å². The normalized spacial score (nSPS) is 11.6. The SMILES string of the molecule is Nc1ccc(N)c(CC/C(=C\c2ccc(OC(=O)c3ccc(OC(=O)CCC(F)(F)F)cc3)cc2)C(=O)O)c1. The number of anilines is 2. The van der Waals surface area contributed by atoms with E-state index in [2.05, 4.69) is 0 Å². The minimum absolute atomic E-state index is 0.0116. The first-order valence-corrected chi connectivity index (χ1v) is 11.7. The summed E-state index contributed by atoms with van der Waals surface area (Å²) in [7, 11) is 0. The molecule has 3 aromatic carbocycles. The molecule has 39 heavy (non-hydrogen) atoms. The molecule has 0 aliphatic rings. The summed E-state index contributed by atoms with van der Waals surface area (Å²) in [6, 6.07) is 16.3. The van der Waals surface area contributed by atoms with E-state index >= 15 is 0 Å². The van der Waals surface area contributed by atoms with Crippen molar-refractivity contribution in [2.75, 3.05) is 11.5 Å². The highest BCUT2D eigenvalue weighted by molar-refractivity contribution is 5.92. The molecule has 0 atom stereocenters. The summed E-state index contributed by atoms with van der Waals surface area (Å²) >= 11 is 0. The van der Waals surface area contributed by atoms with Crippen molar-refractivity contribution < 1.29 is 42.1 Å². The van der Waals surface area contributed by atoms with Crippen LogP contribution in [0, 0.1) is 0 Å². The third-order valence-corrected chi connectivity index (χ3v) is 5.47. The molecule has 0 heterocycles. The van der Waals surface area contributed by atoms with Gasteiger partial charge in [0, 0.05) is 16.9 Å². The zero-order chi connectivity index (χ0) is 28.6. The number of esters is 2. The van der Waals surface area contributed by atoms with E-state index in [-0.39, 0.29) is 29.1 Å². The molecule has 8 nitrogen and oxygen atoms in total. The van der Waals surface area contributed by atoms with E-state index in [4.69, 9.17) is 20.9 Å². The van der Waals surface area contributed by atoms with Gasteiger partial charge in [-0.25, -0.2) is 9.59 Å². The molecule has 0 aromatic heterocycles. The van der Waals surface area contributed by atoms with Crippen LogP contribution in [0.4, 0.5) is 24.5 Å². The number of carboxylic acid groups (broad SMARTS) is 1. The zero-order valence-electron chi connectivity index (χ0n) is 20.5.